The lowest BCUT2D eigenvalue weighted by atomic mass is 9.96. The van der Waals surface area contributed by atoms with Crippen LogP contribution >= 0.6 is 0 Å². The number of phenolic OH excluding ortho intramolecular Hbond substituents is 2. The van der Waals surface area contributed by atoms with Crippen LogP contribution in [0, 0.1) is 18.2 Å². The van der Waals surface area contributed by atoms with E-state index in [1.165, 1.54) is 12.1 Å². The van der Waals surface area contributed by atoms with Gasteiger partial charge in [-0.15, -0.1) is 6.42 Å². The van der Waals surface area contributed by atoms with Crippen molar-refractivity contribution in [3.63, 3.8) is 0 Å². The van der Waals surface area contributed by atoms with E-state index in [4.69, 9.17) is 6.42 Å². The number of halogens is 1. The number of hydrogen-bond acceptors (Lipinski definition) is 2. The second kappa shape index (κ2) is 8.86. The average Bonchev–Trinajstić information content (AvgIpc) is 2.51. The van der Waals surface area contributed by atoms with Gasteiger partial charge in [-0.2, -0.15) is 0 Å². The highest BCUT2D eigenvalue weighted by atomic mass is 19.1. The molecular weight excluding hydrogens is 267 g/mol. The van der Waals surface area contributed by atoms with Gasteiger partial charge in [0.25, 0.3) is 0 Å². The lowest BCUT2D eigenvalue weighted by Crippen LogP contribution is -1.92. The minimum absolute atomic E-state index is 0.0271. The number of rotatable bonds is 1. The second-order valence-electron chi connectivity index (χ2n) is 3.78. The molecule has 2 N–H and O–H groups in total. The third-order valence-electron chi connectivity index (χ3n) is 2.76. The highest BCUT2D eigenvalue weighted by Gasteiger charge is 2.14. The highest BCUT2D eigenvalue weighted by molar-refractivity contribution is 5.96. The predicted molar refractivity (Wildman–Crippen MR) is 87.2 cm³/mol. The Morgan fingerprint density at radius 2 is 1.67 bits per heavy atom. The molecule has 2 rings (SSSR count). The number of benzene rings is 2. The van der Waals surface area contributed by atoms with Crippen LogP contribution in [0.3, 0.4) is 0 Å². The van der Waals surface area contributed by atoms with Crippen LogP contribution in [0.5, 0.6) is 11.5 Å². The summed E-state index contributed by atoms with van der Waals surface area (Å²) in [7, 11) is 0. The SMILES string of the molecule is C#Cc1c(F)cc(O)c2cc(O)cc(CC)c12.CC.CC. The third-order valence-corrected chi connectivity index (χ3v) is 2.76. The first kappa shape index (κ1) is 18.8. The molecule has 0 aliphatic carbocycles. The van der Waals surface area contributed by atoms with Crippen LogP contribution in [0.25, 0.3) is 10.8 Å². The van der Waals surface area contributed by atoms with E-state index < -0.39 is 5.82 Å². The molecule has 0 spiro atoms. The smallest absolute Gasteiger partial charge is 0.143 e. The van der Waals surface area contributed by atoms with E-state index in [0.29, 0.717) is 22.8 Å². The fourth-order valence-electron chi connectivity index (χ4n) is 1.99. The standard InChI is InChI=1S/C14H11FO2.2C2H6/c1-3-8-5-9(16)6-11-13(17)7-12(15)10(4-2)14(8)11;2*1-2/h2,5-7,16-17H,3H2,1H3;2*1-2H3. The van der Waals surface area contributed by atoms with Crippen LogP contribution in [0.2, 0.25) is 0 Å². The van der Waals surface area contributed by atoms with Crippen molar-refractivity contribution >= 4 is 10.8 Å². The summed E-state index contributed by atoms with van der Waals surface area (Å²) in [6.07, 6.45) is 5.88. The van der Waals surface area contributed by atoms with Gasteiger partial charge in [0.05, 0.1) is 5.56 Å². The van der Waals surface area contributed by atoms with Crippen LogP contribution in [0.15, 0.2) is 18.2 Å². The molecule has 0 heterocycles. The van der Waals surface area contributed by atoms with Crippen molar-refractivity contribution in [2.45, 2.75) is 41.0 Å². The van der Waals surface area contributed by atoms with E-state index >= 15 is 0 Å². The van der Waals surface area contributed by atoms with Crippen LogP contribution < -0.4 is 0 Å². The molecule has 0 atom stereocenters. The van der Waals surface area contributed by atoms with Crippen LogP contribution in [0.4, 0.5) is 4.39 Å². The zero-order chi connectivity index (χ0) is 16.6. The fraction of sp³-hybridized carbons (Fsp3) is 0.333. The Morgan fingerprint density at radius 1 is 1.10 bits per heavy atom. The highest BCUT2D eigenvalue weighted by Crippen LogP contribution is 2.35. The summed E-state index contributed by atoms with van der Waals surface area (Å²) in [6, 6.07) is 3.88. The Labute approximate surface area is 126 Å². The van der Waals surface area contributed by atoms with Gasteiger partial charge in [0.2, 0.25) is 0 Å². The van der Waals surface area contributed by atoms with Crippen molar-refractivity contribution in [2.24, 2.45) is 0 Å². The predicted octanol–water partition coefficient (Wildman–Crippen LogP) is 4.99. The Balaban J connectivity index is 0.000000921. The van der Waals surface area contributed by atoms with E-state index in [2.05, 4.69) is 5.92 Å². The van der Waals surface area contributed by atoms with Crippen molar-refractivity contribution in [1.82, 2.24) is 0 Å². The molecule has 0 radical (unpaired) electrons. The fourth-order valence-corrected chi connectivity index (χ4v) is 1.99. The molecular formula is C18H23FO2. The normalized spacial score (nSPS) is 9.00. The Morgan fingerprint density at radius 3 is 2.14 bits per heavy atom. The maximum atomic E-state index is 13.6. The summed E-state index contributed by atoms with van der Waals surface area (Å²) in [4.78, 5) is 0. The van der Waals surface area contributed by atoms with Gasteiger partial charge >= 0.3 is 0 Å². The number of phenols is 2. The Kier molecular flexibility index (Phi) is 7.93. The molecule has 0 aliphatic heterocycles. The van der Waals surface area contributed by atoms with Gasteiger partial charge in [-0.3, -0.25) is 0 Å². The number of hydrogen-bond donors (Lipinski definition) is 2. The molecule has 0 unspecified atom stereocenters. The maximum Gasteiger partial charge on any atom is 0.143 e. The van der Waals surface area contributed by atoms with Crippen molar-refractivity contribution in [3.05, 3.63) is 35.1 Å². The van der Waals surface area contributed by atoms with Gasteiger partial charge in [-0.05, 0) is 24.1 Å². The first-order valence-electron chi connectivity index (χ1n) is 7.22. The summed E-state index contributed by atoms with van der Waals surface area (Å²) in [6.45, 7) is 9.87. The van der Waals surface area contributed by atoms with Crippen molar-refractivity contribution in [1.29, 1.82) is 0 Å². The van der Waals surface area contributed by atoms with E-state index in [1.54, 1.807) is 0 Å². The van der Waals surface area contributed by atoms with E-state index in [9.17, 15) is 14.6 Å². The third kappa shape index (κ3) is 3.88. The molecule has 0 fully saturated rings. The Hall–Kier alpha value is -2.21. The summed E-state index contributed by atoms with van der Waals surface area (Å²) < 4.78 is 13.6. The van der Waals surface area contributed by atoms with E-state index in [0.717, 1.165) is 6.07 Å². The lowest BCUT2D eigenvalue weighted by molar-refractivity contribution is 0.468. The first-order chi connectivity index (χ1) is 10.1. The number of aryl methyl sites for hydroxylation is 1. The van der Waals surface area contributed by atoms with E-state index in [-0.39, 0.29) is 17.1 Å². The average molecular weight is 290 g/mol. The molecule has 0 aromatic heterocycles. The number of fused-ring (bicyclic) bond motifs is 1. The minimum Gasteiger partial charge on any atom is -0.508 e. The maximum absolute atomic E-state index is 13.6. The molecule has 0 aliphatic rings. The van der Waals surface area contributed by atoms with Gasteiger partial charge in [-0.25, -0.2) is 4.39 Å². The summed E-state index contributed by atoms with van der Waals surface area (Å²) in [5, 5.41) is 20.1. The number of aromatic hydroxyl groups is 2. The van der Waals surface area contributed by atoms with E-state index in [1.807, 2.05) is 34.6 Å². The molecule has 0 saturated heterocycles. The molecule has 21 heavy (non-hydrogen) atoms. The lowest BCUT2D eigenvalue weighted by Gasteiger charge is -2.10. The van der Waals surface area contributed by atoms with Gasteiger partial charge in [0.1, 0.15) is 17.3 Å². The molecule has 2 aromatic carbocycles. The van der Waals surface area contributed by atoms with Crippen LogP contribution in [-0.4, -0.2) is 10.2 Å². The first-order valence-corrected chi connectivity index (χ1v) is 7.22. The van der Waals surface area contributed by atoms with Crippen LogP contribution in [-0.2, 0) is 6.42 Å². The number of terminal acetylenes is 1. The quantitative estimate of drug-likeness (QED) is 0.727. The molecule has 2 aromatic rings. The molecule has 114 valence electrons. The Bertz CT molecular complexity index is 640. The molecule has 2 nitrogen and oxygen atoms in total. The second-order valence-corrected chi connectivity index (χ2v) is 3.78. The van der Waals surface area contributed by atoms with Gasteiger partial charge in [-0.1, -0.05) is 40.5 Å². The summed E-state index contributed by atoms with van der Waals surface area (Å²) in [5.74, 6) is 1.47. The van der Waals surface area contributed by atoms with Crippen LogP contribution in [0.1, 0.15) is 45.7 Å². The summed E-state index contributed by atoms with van der Waals surface area (Å²) in [5.41, 5.74) is 0.831. The van der Waals surface area contributed by atoms with Gasteiger partial charge in [0, 0.05) is 16.8 Å². The molecule has 3 heteroatoms. The van der Waals surface area contributed by atoms with Crippen molar-refractivity contribution in [3.8, 4) is 23.8 Å². The largest absolute Gasteiger partial charge is 0.508 e. The van der Waals surface area contributed by atoms with Gasteiger partial charge in [0.15, 0.2) is 0 Å². The topological polar surface area (TPSA) is 40.5 Å². The monoisotopic (exact) mass is 290 g/mol. The van der Waals surface area contributed by atoms with Gasteiger partial charge < -0.3 is 10.2 Å². The molecule has 0 saturated carbocycles. The molecule has 0 amide bonds. The molecule has 0 bridgehead atoms. The zero-order valence-corrected chi connectivity index (χ0v) is 13.3. The summed E-state index contributed by atoms with van der Waals surface area (Å²) >= 11 is 0. The zero-order valence-electron chi connectivity index (χ0n) is 13.3. The van der Waals surface area contributed by atoms with Crippen molar-refractivity contribution < 1.29 is 14.6 Å². The minimum atomic E-state index is -0.627. The van der Waals surface area contributed by atoms with Crippen molar-refractivity contribution in [2.75, 3.05) is 0 Å².